The Morgan fingerprint density at radius 1 is 0.895 bits per heavy atom. The minimum atomic E-state index is -4.85. The van der Waals surface area contributed by atoms with E-state index in [4.69, 9.17) is 0 Å². The van der Waals surface area contributed by atoms with E-state index < -0.39 is 22.9 Å². The fourth-order valence-corrected chi connectivity index (χ4v) is 4.89. The highest BCUT2D eigenvalue weighted by Crippen LogP contribution is 2.35. The summed E-state index contributed by atoms with van der Waals surface area (Å²) >= 11 is 0. The van der Waals surface area contributed by atoms with Crippen LogP contribution in [0.5, 0.6) is 0 Å². The second-order valence-corrected chi connectivity index (χ2v) is 9.53. The zero-order valence-electron chi connectivity index (χ0n) is 21.1. The van der Waals surface area contributed by atoms with Gasteiger partial charge in [0.05, 0.1) is 17.8 Å². The normalized spacial score (nSPS) is 11.6. The minimum absolute atomic E-state index is 0.0350. The maximum Gasteiger partial charge on any atom is 0.417 e. The molecule has 5 rings (SSSR count). The Kier molecular flexibility index (Phi) is 6.20. The number of aryl methyl sites for hydroxylation is 3. The molecule has 7 heteroatoms. The van der Waals surface area contributed by atoms with Crippen molar-refractivity contribution in [3.8, 4) is 28.5 Å². The van der Waals surface area contributed by atoms with E-state index in [1.807, 2.05) is 80.2 Å². The van der Waals surface area contributed by atoms with E-state index in [-0.39, 0.29) is 12.2 Å². The van der Waals surface area contributed by atoms with Crippen LogP contribution in [-0.2, 0) is 19.8 Å². The van der Waals surface area contributed by atoms with Crippen LogP contribution in [-0.4, -0.2) is 9.13 Å². The molecule has 0 amide bonds. The second-order valence-electron chi connectivity index (χ2n) is 9.53. The molecular formula is C31H24F3N3O. The molecule has 0 bridgehead atoms. The Morgan fingerprint density at radius 2 is 1.63 bits per heavy atom. The van der Waals surface area contributed by atoms with E-state index in [0.29, 0.717) is 5.56 Å². The number of aromatic nitrogens is 2. The summed E-state index contributed by atoms with van der Waals surface area (Å²) in [4.78, 5) is 13.4. The van der Waals surface area contributed by atoms with Gasteiger partial charge in [0.1, 0.15) is 11.6 Å². The number of hydrogen-bond acceptors (Lipinski definition) is 2. The van der Waals surface area contributed by atoms with Crippen LogP contribution >= 0.6 is 0 Å². The number of fused-ring (bicyclic) bond motifs is 1. The highest BCUT2D eigenvalue weighted by molar-refractivity contribution is 5.86. The number of pyridine rings is 1. The molecule has 2 heterocycles. The topological polar surface area (TPSA) is 50.7 Å². The molecule has 0 atom stereocenters. The summed E-state index contributed by atoms with van der Waals surface area (Å²) in [6, 6.07) is 23.2. The summed E-state index contributed by atoms with van der Waals surface area (Å²) < 4.78 is 45.2. The molecule has 0 aliphatic rings. The van der Waals surface area contributed by atoms with Crippen LogP contribution in [0.1, 0.15) is 27.8 Å². The van der Waals surface area contributed by atoms with E-state index in [2.05, 4.69) is 0 Å². The molecule has 0 unspecified atom stereocenters. The van der Waals surface area contributed by atoms with Gasteiger partial charge >= 0.3 is 6.18 Å². The summed E-state index contributed by atoms with van der Waals surface area (Å²) in [7, 11) is 1.96. The number of nitriles is 1. The third-order valence-electron chi connectivity index (χ3n) is 6.92. The number of rotatable bonds is 4. The molecule has 38 heavy (non-hydrogen) atoms. The molecule has 0 saturated carbocycles. The maximum absolute atomic E-state index is 14.0. The first kappa shape index (κ1) is 25.1. The van der Waals surface area contributed by atoms with E-state index in [1.54, 1.807) is 18.2 Å². The summed E-state index contributed by atoms with van der Waals surface area (Å²) in [6.45, 7) is 3.87. The lowest BCUT2D eigenvalue weighted by Crippen LogP contribution is -2.29. The number of hydrogen-bond donors (Lipinski definition) is 0. The van der Waals surface area contributed by atoms with Gasteiger partial charge in [-0.3, -0.25) is 4.79 Å². The van der Waals surface area contributed by atoms with E-state index in [9.17, 15) is 23.2 Å². The Morgan fingerprint density at radius 3 is 2.34 bits per heavy atom. The van der Waals surface area contributed by atoms with Gasteiger partial charge in [0, 0.05) is 24.1 Å². The van der Waals surface area contributed by atoms with Gasteiger partial charge < -0.3 is 9.13 Å². The molecule has 5 aromatic rings. The van der Waals surface area contributed by atoms with Crippen LogP contribution in [0.25, 0.3) is 33.3 Å². The van der Waals surface area contributed by atoms with Crippen LogP contribution in [0, 0.1) is 25.2 Å². The lowest BCUT2D eigenvalue weighted by Gasteiger charge is -2.19. The Bertz CT molecular complexity index is 1800. The molecule has 0 aliphatic heterocycles. The van der Waals surface area contributed by atoms with Crippen LogP contribution in [0.15, 0.2) is 83.8 Å². The van der Waals surface area contributed by atoms with Crippen LogP contribution in [0.2, 0.25) is 0 Å². The molecule has 0 fully saturated rings. The highest BCUT2D eigenvalue weighted by Gasteiger charge is 2.36. The Hall–Kier alpha value is -4.57. The highest BCUT2D eigenvalue weighted by atomic mass is 19.4. The standard InChI is InChI=1S/C31H24F3N3O/c1-19-7-8-25(20(2)13-19)18-37-29(16-27(31(32,33)34)26(17-35)30(37)38)23-6-4-5-21(14-23)22-9-10-28-24(15-22)11-12-36(28)3/h4-16H,18H2,1-3H3. The number of alkyl halides is 3. The summed E-state index contributed by atoms with van der Waals surface area (Å²) in [5, 5.41) is 10.6. The Labute approximate surface area is 217 Å². The van der Waals surface area contributed by atoms with Gasteiger partial charge in [-0.2, -0.15) is 18.4 Å². The predicted octanol–water partition coefficient (Wildman–Crippen LogP) is 7.23. The fraction of sp³-hybridized carbons (Fsp3) is 0.161. The van der Waals surface area contributed by atoms with Gasteiger partial charge in [-0.15, -0.1) is 0 Å². The van der Waals surface area contributed by atoms with Gasteiger partial charge in [-0.05, 0) is 72.0 Å². The summed E-state index contributed by atoms with van der Waals surface area (Å²) in [5.41, 5.74) is 2.95. The van der Waals surface area contributed by atoms with Crippen LogP contribution in [0.4, 0.5) is 13.2 Å². The lowest BCUT2D eigenvalue weighted by atomic mass is 9.98. The van der Waals surface area contributed by atoms with Crippen molar-refractivity contribution in [2.75, 3.05) is 0 Å². The van der Waals surface area contributed by atoms with Crippen molar-refractivity contribution in [2.45, 2.75) is 26.6 Å². The van der Waals surface area contributed by atoms with Gasteiger partial charge in [-0.25, -0.2) is 0 Å². The predicted molar refractivity (Wildman–Crippen MR) is 143 cm³/mol. The van der Waals surface area contributed by atoms with Crippen molar-refractivity contribution >= 4 is 10.9 Å². The molecule has 4 nitrogen and oxygen atoms in total. The van der Waals surface area contributed by atoms with Gasteiger partial charge in [-0.1, -0.05) is 48.0 Å². The molecule has 0 saturated heterocycles. The minimum Gasteiger partial charge on any atom is -0.351 e. The van der Waals surface area contributed by atoms with E-state index in [1.165, 1.54) is 10.6 Å². The number of benzene rings is 3. The van der Waals surface area contributed by atoms with Crippen LogP contribution < -0.4 is 5.56 Å². The first-order valence-corrected chi connectivity index (χ1v) is 12.0. The zero-order valence-corrected chi connectivity index (χ0v) is 21.1. The van der Waals surface area contributed by atoms with Gasteiger partial charge in [0.2, 0.25) is 0 Å². The monoisotopic (exact) mass is 511 g/mol. The molecule has 190 valence electrons. The van der Waals surface area contributed by atoms with Gasteiger partial charge in [0.25, 0.3) is 5.56 Å². The largest absolute Gasteiger partial charge is 0.417 e. The lowest BCUT2D eigenvalue weighted by molar-refractivity contribution is -0.137. The summed E-state index contributed by atoms with van der Waals surface area (Å²) in [5.74, 6) is 0. The molecule has 0 radical (unpaired) electrons. The average Bonchev–Trinajstić information content (AvgIpc) is 3.25. The second kappa shape index (κ2) is 9.38. The molecule has 0 spiro atoms. The smallest absolute Gasteiger partial charge is 0.351 e. The third kappa shape index (κ3) is 4.50. The fourth-order valence-electron chi connectivity index (χ4n) is 4.89. The first-order chi connectivity index (χ1) is 18.1. The van der Waals surface area contributed by atoms with Crippen LogP contribution in [0.3, 0.4) is 0 Å². The molecule has 2 aromatic heterocycles. The molecular weight excluding hydrogens is 487 g/mol. The number of nitrogens with zero attached hydrogens (tertiary/aromatic N) is 3. The Balaban J connectivity index is 1.72. The van der Waals surface area contributed by atoms with E-state index in [0.717, 1.165) is 44.8 Å². The molecule has 0 aliphatic carbocycles. The molecule has 0 N–H and O–H groups in total. The number of halogens is 3. The molecule has 3 aromatic carbocycles. The quantitative estimate of drug-likeness (QED) is 0.256. The summed E-state index contributed by atoms with van der Waals surface area (Å²) in [6.07, 6.45) is -2.89. The van der Waals surface area contributed by atoms with Crippen molar-refractivity contribution < 1.29 is 13.2 Å². The van der Waals surface area contributed by atoms with Crippen molar-refractivity contribution in [1.29, 1.82) is 5.26 Å². The van der Waals surface area contributed by atoms with Gasteiger partial charge in [0.15, 0.2) is 0 Å². The van der Waals surface area contributed by atoms with Crippen molar-refractivity contribution in [1.82, 2.24) is 9.13 Å². The van der Waals surface area contributed by atoms with E-state index >= 15 is 0 Å². The SMILES string of the molecule is Cc1ccc(Cn2c(-c3cccc(-c4ccc5c(ccn5C)c4)c3)cc(C(F)(F)F)c(C#N)c2=O)c(C)c1. The first-order valence-electron chi connectivity index (χ1n) is 12.0. The maximum atomic E-state index is 14.0. The zero-order chi connectivity index (χ0) is 27.2. The average molecular weight is 512 g/mol. The van der Waals surface area contributed by atoms with Crippen molar-refractivity contribution in [2.24, 2.45) is 7.05 Å². The third-order valence-corrected chi connectivity index (χ3v) is 6.92. The van der Waals surface area contributed by atoms with Crippen molar-refractivity contribution in [3.63, 3.8) is 0 Å². The van der Waals surface area contributed by atoms with Crippen molar-refractivity contribution in [3.05, 3.63) is 117 Å².